The van der Waals surface area contributed by atoms with E-state index in [4.69, 9.17) is 9.47 Å². The van der Waals surface area contributed by atoms with Gasteiger partial charge in [-0.25, -0.2) is 13.4 Å². The van der Waals surface area contributed by atoms with E-state index in [1.807, 2.05) is 24.3 Å². The first-order valence-corrected chi connectivity index (χ1v) is 10.2. The molecule has 0 bridgehead atoms. The van der Waals surface area contributed by atoms with Crippen LogP contribution in [0.25, 0.3) is 0 Å². The van der Waals surface area contributed by atoms with Crippen LogP contribution in [0.4, 0.5) is 5.69 Å². The zero-order chi connectivity index (χ0) is 19.2. The fourth-order valence-electron chi connectivity index (χ4n) is 2.13. The van der Waals surface area contributed by atoms with E-state index < -0.39 is 10.0 Å². The second-order valence-corrected chi connectivity index (χ2v) is 8.03. The average molecular weight is 442 g/mol. The van der Waals surface area contributed by atoms with Gasteiger partial charge in [0.2, 0.25) is 16.0 Å². The molecule has 0 heterocycles. The average Bonchev–Trinajstić information content (AvgIpc) is 2.58. The molecule has 0 saturated carbocycles. The molecule has 7 nitrogen and oxygen atoms in total. The maximum absolute atomic E-state index is 11.6. The third-order valence-electron chi connectivity index (χ3n) is 3.24. The van der Waals surface area contributed by atoms with E-state index in [9.17, 15) is 8.42 Å². The van der Waals surface area contributed by atoms with Crippen LogP contribution in [-0.2, 0) is 16.6 Å². The molecular weight excluding hydrogens is 422 g/mol. The Bertz CT molecular complexity index is 901. The van der Waals surface area contributed by atoms with Gasteiger partial charge < -0.3 is 14.8 Å². The number of hydrogen-bond acceptors (Lipinski definition) is 5. The number of rotatable bonds is 6. The molecule has 0 aliphatic rings. The van der Waals surface area contributed by atoms with Crippen molar-refractivity contribution in [1.82, 2.24) is 4.72 Å². The highest BCUT2D eigenvalue weighted by Crippen LogP contribution is 2.29. The molecule has 0 saturated heterocycles. The summed E-state index contributed by atoms with van der Waals surface area (Å²) in [7, 11) is -0.424. The van der Waals surface area contributed by atoms with Crippen molar-refractivity contribution in [1.29, 1.82) is 0 Å². The number of nitrogens with one attached hydrogen (secondary N) is 2. The maximum Gasteiger partial charge on any atom is 0.232 e. The lowest BCUT2D eigenvalue weighted by atomic mass is 10.2. The van der Waals surface area contributed by atoms with Crippen LogP contribution < -0.4 is 19.5 Å². The maximum atomic E-state index is 11.6. The van der Waals surface area contributed by atoms with Crippen LogP contribution in [0.5, 0.6) is 11.5 Å². The van der Waals surface area contributed by atoms with Crippen LogP contribution in [-0.4, -0.2) is 34.9 Å². The van der Waals surface area contributed by atoms with E-state index >= 15 is 0 Å². The molecule has 0 aliphatic heterocycles. The first kappa shape index (κ1) is 20.1. The molecule has 2 rings (SSSR count). The molecule has 2 aromatic rings. The Morgan fingerprint density at radius 3 is 2.46 bits per heavy atom. The number of sulfonamides is 1. The molecule has 0 amide bonds. The minimum absolute atomic E-state index is 0.111. The highest BCUT2D eigenvalue weighted by molar-refractivity contribution is 9.10. The summed E-state index contributed by atoms with van der Waals surface area (Å²) in [6, 6.07) is 12.8. The van der Waals surface area contributed by atoms with Crippen LogP contribution in [0, 0.1) is 0 Å². The Morgan fingerprint density at radius 2 is 1.85 bits per heavy atom. The lowest BCUT2D eigenvalue weighted by Crippen LogP contribution is -2.35. The molecule has 140 valence electrons. The fraction of sp³-hybridized carbons (Fsp3) is 0.235. The molecule has 0 unspecified atom stereocenters. The highest BCUT2D eigenvalue weighted by atomic mass is 79.9. The summed E-state index contributed by atoms with van der Waals surface area (Å²) < 4.78 is 37.0. The SMILES string of the molecule is COc1ccc(NC(=NCc2cccc(Br)c2)NS(C)(=O)=O)cc1OC. The summed E-state index contributed by atoms with van der Waals surface area (Å²) >= 11 is 3.40. The molecule has 0 aliphatic carbocycles. The molecule has 0 aromatic heterocycles. The number of hydrogen-bond donors (Lipinski definition) is 2. The van der Waals surface area contributed by atoms with Gasteiger partial charge in [-0.05, 0) is 29.8 Å². The zero-order valence-electron chi connectivity index (χ0n) is 14.6. The highest BCUT2D eigenvalue weighted by Gasteiger charge is 2.10. The van der Waals surface area contributed by atoms with Gasteiger partial charge in [0.15, 0.2) is 11.5 Å². The molecule has 2 N–H and O–H groups in total. The van der Waals surface area contributed by atoms with Gasteiger partial charge in [-0.3, -0.25) is 4.72 Å². The molecular formula is C17H20BrN3O4S. The van der Waals surface area contributed by atoms with Crippen LogP contribution in [0.3, 0.4) is 0 Å². The number of nitrogens with zero attached hydrogens (tertiary/aromatic N) is 1. The largest absolute Gasteiger partial charge is 0.493 e. The van der Waals surface area contributed by atoms with Crippen molar-refractivity contribution in [2.75, 3.05) is 25.8 Å². The third kappa shape index (κ3) is 6.23. The molecule has 0 radical (unpaired) electrons. The van der Waals surface area contributed by atoms with Crippen molar-refractivity contribution >= 4 is 37.6 Å². The van der Waals surface area contributed by atoms with Crippen molar-refractivity contribution in [3.63, 3.8) is 0 Å². The number of benzene rings is 2. The Labute approximate surface area is 161 Å². The van der Waals surface area contributed by atoms with Gasteiger partial charge in [-0.15, -0.1) is 0 Å². The number of ether oxygens (including phenoxy) is 2. The Hall–Kier alpha value is -2.26. The summed E-state index contributed by atoms with van der Waals surface area (Å²) in [6.45, 7) is 0.303. The molecule has 0 fully saturated rings. The first-order valence-electron chi connectivity index (χ1n) is 7.56. The van der Waals surface area contributed by atoms with E-state index in [1.165, 1.54) is 7.11 Å². The smallest absolute Gasteiger partial charge is 0.232 e. The van der Waals surface area contributed by atoms with Gasteiger partial charge in [-0.2, -0.15) is 0 Å². The van der Waals surface area contributed by atoms with E-state index in [1.54, 1.807) is 25.3 Å². The number of halogens is 1. The van der Waals surface area contributed by atoms with Crippen molar-refractivity contribution in [2.45, 2.75) is 6.54 Å². The minimum atomic E-state index is -3.49. The number of anilines is 1. The monoisotopic (exact) mass is 441 g/mol. The number of methoxy groups -OCH3 is 2. The Balaban J connectivity index is 2.26. The molecule has 9 heteroatoms. The van der Waals surface area contributed by atoms with Crippen LogP contribution in [0.2, 0.25) is 0 Å². The Kier molecular flexibility index (Phi) is 6.87. The van der Waals surface area contributed by atoms with E-state index in [-0.39, 0.29) is 5.96 Å². The lowest BCUT2D eigenvalue weighted by Gasteiger charge is -2.13. The van der Waals surface area contributed by atoms with Gasteiger partial charge in [0.1, 0.15) is 0 Å². The molecule has 26 heavy (non-hydrogen) atoms. The molecule has 0 atom stereocenters. The van der Waals surface area contributed by atoms with Gasteiger partial charge in [0.05, 0.1) is 27.0 Å². The lowest BCUT2D eigenvalue weighted by molar-refractivity contribution is 0.355. The van der Waals surface area contributed by atoms with Gasteiger partial charge in [-0.1, -0.05) is 28.1 Å². The fourth-order valence-corrected chi connectivity index (χ4v) is 3.04. The van der Waals surface area contributed by atoms with Gasteiger partial charge in [0, 0.05) is 16.2 Å². The van der Waals surface area contributed by atoms with Gasteiger partial charge in [0.25, 0.3) is 0 Å². The summed E-state index contributed by atoms with van der Waals surface area (Å²) in [4.78, 5) is 4.34. The zero-order valence-corrected chi connectivity index (χ0v) is 17.0. The summed E-state index contributed by atoms with van der Waals surface area (Å²) in [5.41, 5.74) is 1.54. The van der Waals surface area contributed by atoms with Crippen molar-refractivity contribution in [3.05, 3.63) is 52.5 Å². The summed E-state index contributed by atoms with van der Waals surface area (Å²) in [5.74, 6) is 1.20. The molecule has 0 spiro atoms. The predicted molar refractivity (Wildman–Crippen MR) is 106 cm³/mol. The van der Waals surface area contributed by atoms with Crippen LogP contribution in [0.1, 0.15) is 5.56 Å². The van der Waals surface area contributed by atoms with Crippen molar-refractivity contribution < 1.29 is 17.9 Å². The number of guanidine groups is 1. The summed E-state index contributed by atoms with van der Waals surface area (Å²) in [6.07, 6.45) is 1.07. The first-order chi connectivity index (χ1) is 12.3. The van der Waals surface area contributed by atoms with Crippen molar-refractivity contribution in [3.8, 4) is 11.5 Å². The quantitative estimate of drug-likeness (QED) is 0.531. The molecule has 2 aromatic carbocycles. The van der Waals surface area contributed by atoms with Crippen LogP contribution in [0.15, 0.2) is 51.9 Å². The van der Waals surface area contributed by atoms with E-state index in [0.29, 0.717) is 23.7 Å². The van der Waals surface area contributed by atoms with E-state index in [2.05, 4.69) is 31.0 Å². The minimum Gasteiger partial charge on any atom is -0.493 e. The van der Waals surface area contributed by atoms with Gasteiger partial charge >= 0.3 is 0 Å². The standard InChI is InChI=1S/C17H20BrN3O4S/c1-24-15-8-7-14(10-16(15)25-2)20-17(21-26(3,22)23)19-11-12-5-4-6-13(18)9-12/h4-10H,11H2,1-3H3,(H2,19,20,21). The third-order valence-corrected chi connectivity index (χ3v) is 4.29. The Morgan fingerprint density at radius 1 is 1.12 bits per heavy atom. The second kappa shape index (κ2) is 8.91. The normalized spacial score (nSPS) is 11.8. The second-order valence-electron chi connectivity index (χ2n) is 5.36. The van der Waals surface area contributed by atoms with E-state index in [0.717, 1.165) is 16.3 Å². The summed E-state index contributed by atoms with van der Waals surface area (Å²) in [5, 5.41) is 2.96. The van der Waals surface area contributed by atoms with Crippen LogP contribution >= 0.6 is 15.9 Å². The van der Waals surface area contributed by atoms with Crippen molar-refractivity contribution in [2.24, 2.45) is 4.99 Å². The number of aliphatic imine (C=N–C) groups is 1. The predicted octanol–water partition coefficient (Wildman–Crippen LogP) is 2.98. The topological polar surface area (TPSA) is 89.0 Å².